The van der Waals surface area contributed by atoms with Gasteiger partial charge in [0.1, 0.15) is 18.1 Å². The maximum atomic E-state index is 11.8. The third-order valence-corrected chi connectivity index (χ3v) is 3.25. The minimum atomic E-state index is -0.269. The fourth-order valence-electron chi connectivity index (χ4n) is 1.93. The lowest BCUT2D eigenvalue weighted by atomic mass is 10.00. The highest BCUT2D eigenvalue weighted by atomic mass is 16.4. The molecule has 0 aromatic carbocycles. The maximum absolute atomic E-state index is 11.8. The highest BCUT2D eigenvalue weighted by Gasteiger charge is 2.42. The average molecular weight is 237 g/mol. The monoisotopic (exact) mass is 237 g/mol. The Balaban J connectivity index is 2.13. The van der Waals surface area contributed by atoms with Crippen LogP contribution >= 0.6 is 0 Å². The summed E-state index contributed by atoms with van der Waals surface area (Å²) in [5.41, 5.74) is 0. The molecule has 2 rings (SSSR count). The fraction of sp³-hybridized carbons (Fsp3) is 0.500. The summed E-state index contributed by atoms with van der Waals surface area (Å²) >= 11 is 0. The minimum absolute atomic E-state index is 0.145. The van der Waals surface area contributed by atoms with Gasteiger partial charge in [0, 0.05) is 11.8 Å². The number of aliphatic hydroxyl groups excluding tert-OH is 1. The Morgan fingerprint density at radius 1 is 1.18 bits per heavy atom. The molecule has 0 aliphatic carbocycles. The number of carbonyl (C=O) groups is 2. The summed E-state index contributed by atoms with van der Waals surface area (Å²) in [5.74, 6) is 0.0793. The van der Waals surface area contributed by atoms with Gasteiger partial charge in [0.05, 0.1) is 6.54 Å². The third kappa shape index (κ3) is 1.98. The first-order valence-corrected chi connectivity index (χ1v) is 5.58. The van der Waals surface area contributed by atoms with Crippen molar-refractivity contribution in [2.24, 2.45) is 11.8 Å². The lowest BCUT2D eigenvalue weighted by Crippen LogP contribution is -2.30. The number of carbonyl (C=O) groups excluding carboxylic acids is 2. The van der Waals surface area contributed by atoms with E-state index in [0.29, 0.717) is 11.5 Å². The third-order valence-electron chi connectivity index (χ3n) is 3.25. The molecule has 5 heteroatoms. The molecule has 0 radical (unpaired) electrons. The van der Waals surface area contributed by atoms with Gasteiger partial charge in [-0.15, -0.1) is 0 Å². The number of nitrogens with zero attached hydrogens (tertiary/aromatic N) is 1. The molecule has 1 aliphatic rings. The van der Waals surface area contributed by atoms with Crippen molar-refractivity contribution in [2.45, 2.75) is 27.0 Å². The lowest BCUT2D eigenvalue weighted by molar-refractivity contribution is -0.140. The predicted molar refractivity (Wildman–Crippen MR) is 58.5 cm³/mol. The smallest absolute Gasteiger partial charge is 0.233 e. The zero-order valence-electron chi connectivity index (χ0n) is 9.84. The van der Waals surface area contributed by atoms with E-state index in [2.05, 4.69) is 0 Å². The number of furan rings is 1. The van der Waals surface area contributed by atoms with E-state index in [1.165, 1.54) is 4.90 Å². The fourth-order valence-corrected chi connectivity index (χ4v) is 1.93. The van der Waals surface area contributed by atoms with Gasteiger partial charge < -0.3 is 9.52 Å². The van der Waals surface area contributed by atoms with E-state index in [1.807, 2.05) is 0 Å². The van der Waals surface area contributed by atoms with Crippen LogP contribution in [0.4, 0.5) is 0 Å². The zero-order valence-corrected chi connectivity index (χ0v) is 9.84. The molecular weight excluding hydrogens is 222 g/mol. The van der Waals surface area contributed by atoms with Gasteiger partial charge in [0.25, 0.3) is 0 Å². The summed E-state index contributed by atoms with van der Waals surface area (Å²) in [7, 11) is 0. The van der Waals surface area contributed by atoms with E-state index in [0.717, 1.165) is 0 Å². The topological polar surface area (TPSA) is 70.8 Å². The molecule has 2 atom stereocenters. The molecule has 1 fully saturated rings. The summed E-state index contributed by atoms with van der Waals surface area (Å²) < 4.78 is 5.27. The predicted octanol–water partition coefficient (Wildman–Crippen LogP) is 0.913. The highest BCUT2D eigenvalue weighted by molar-refractivity contribution is 6.04. The summed E-state index contributed by atoms with van der Waals surface area (Å²) in [5, 5.41) is 8.86. The minimum Gasteiger partial charge on any atom is -0.462 e. The van der Waals surface area contributed by atoms with Crippen LogP contribution in [0, 0.1) is 11.8 Å². The standard InChI is InChI=1S/C12H15NO4/c1-7-8(2)12(16)13(11(7)15)5-9-3-4-10(6-14)17-9/h3-4,7-8,14H,5-6H2,1-2H3. The quantitative estimate of drug-likeness (QED) is 0.793. The van der Waals surface area contributed by atoms with Crippen LogP contribution in [0.1, 0.15) is 25.4 Å². The molecule has 1 N–H and O–H groups in total. The second-order valence-electron chi connectivity index (χ2n) is 4.37. The van der Waals surface area contributed by atoms with Crippen molar-refractivity contribution < 1.29 is 19.1 Å². The van der Waals surface area contributed by atoms with E-state index in [4.69, 9.17) is 9.52 Å². The molecule has 17 heavy (non-hydrogen) atoms. The van der Waals surface area contributed by atoms with Crippen LogP contribution < -0.4 is 0 Å². The maximum Gasteiger partial charge on any atom is 0.233 e. The Morgan fingerprint density at radius 3 is 2.18 bits per heavy atom. The van der Waals surface area contributed by atoms with Crippen LogP contribution in [-0.2, 0) is 22.7 Å². The number of imide groups is 1. The Kier molecular flexibility index (Phi) is 3.02. The van der Waals surface area contributed by atoms with E-state index in [9.17, 15) is 9.59 Å². The molecule has 0 bridgehead atoms. The van der Waals surface area contributed by atoms with Gasteiger partial charge in [-0.05, 0) is 12.1 Å². The largest absolute Gasteiger partial charge is 0.462 e. The van der Waals surface area contributed by atoms with Gasteiger partial charge in [-0.2, -0.15) is 0 Å². The van der Waals surface area contributed by atoms with Gasteiger partial charge >= 0.3 is 0 Å². The normalized spacial score (nSPS) is 24.8. The van der Waals surface area contributed by atoms with E-state index >= 15 is 0 Å². The van der Waals surface area contributed by atoms with Gasteiger partial charge in [0.15, 0.2) is 0 Å². The average Bonchev–Trinajstić information content (AvgIpc) is 2.85. The first kappa shape index (κ1) is 11.9. The van der Waals surface area contributed by atoms with Crippen LogP contribution in [0.5, 0.6) is 0 Å². The van der Waals surface area contributed by atoms with E-state index in [1.54, 1.807) is 26.0 Å². The van der Waals surface area contributed by atoms with Crippen molar-refractivity contribution in [3.8, 4) is 0 Å². The van der Waals surface area contributed by atoms with Crippen molar-refractivity contribution in [1.29, 1.82) is 0 Å². The van der Waals surface area contributed by atoms with Crippen molar-refractivity contribution in [3.63, 3.8) is 0 Å². The Labute approximate surface area is 99.0 Å². The van der Waals surface area contributed by atoms with Crippen LogP contribution in [0.15, 0.2) is 16.5 Å². The van der Waals surface area contributed by atoms with Gasteiger partial charge in [-0.1, -0.05) is 13.8 Å². The van der Waals surface area contributed by atoms with E-state index in [-0.39, 0.29) is 36.8 Å². The Morgan fingerprint density at radius 2 is 1.71 bits per heavy atom. The number of hydrogen-bond acceptors (Lipinski definition) is 4. The molecule has 1 aromatic heterocycles. The first-order valence-electron chi connectivity index (χ1n) is 5.58. The molecule has 0 spiro atoms. The molecule has 1 saturated heterocycles. The summed E-state index contributed by atoms with van der Waals surface area (Å²) in [6.45, 7) is 3.47. The van der Waals surface area contributed by atoms with Gasteiger partial charge in [-0.3, -0.25) is 14.5 Å². The van der Waals surface area contributed by atoms with Crippen molar-refractivity contribution >= 4 is 11.8 Å². The van der Waals surface area contributed by atoms with Crippen molar-refractivity contribution in [2.75, 3.05) is 0 Å². The number of aliphatic hydroxyl groups is 1. The number of hydrogen-bond donors (Lipinski definition) is 1. The summed E-state index contributed by atoms with van der Waals surface area (Å²) in [6, 6.07) is 3.30. The summed E-state index contributed by atoms with van der Waals surface area (Å²) in [4.78, 5) is 24.9. The molecule has 2 unspecified atom stereocenters. The highest BCUT2D eigenvalue weighted by Crippen LogP contribution is 2.27. The number of amides is 2. The molecule has 1 aromatic rings. The molecular formula is C12H15NO4. The van der Waals surface area contributed by atoms with E-state index < -0.39 is 0 Å². The van der Waals surface area contributed by atoms with Crippen LogP contribution in [0.3, 0.4) is 0 Å². The first-order chi connectivity index (χ1) is 8.04. The molecule has 2 heterocycles. The molecule has 92 valence electrons. The molecule has 5 nitrogen and oxygen atoms in total. The number of rotatable bonds is 3. The molecule has 0 saturated carbocycles. The Bertz CT molecular complexity index is 431. The summed E-state index contributed by atoms with van der Waals surface area (Å²) in [6.07, 6.45) is 0. The lowest BCUT2D eigenvalue weighted by Gasteiger charge is -2.12. The SMILES string of the molecule is CC1C(=O)N(Cc2ccc(CO)o2)C(=O)C1C. The van der Waals surface area contributed by atoms with Crippen LogP contribution in [0.25, 0.3) is 0 Å². The van der Waals surface area contributed by atoms with Crippen molar-refractivity contribution in [1.82, 2.24) is 4.90 Å². The number of likely N-dealkylation sites (tertiary alicyclic amines) is 1. The molecule has 2 amide bonds. The van der Waals surface area contributed by atoms with Gasteiger partial charge in [-0.25, -0.2) is 0 Å². The van der Waals surface area contributed by atoms with Gasteiger partial charge in [0.2, 0.25) is 11.8 Å². The second kappa shape index (κ2) is 4.33. The van der Waals surface area contributed by atoms with Crippen LogP contribution in [0.2, 0.25) is 0 Å². The zero-order chi connectivity index (χ0) is 12.6. The Hall–Kier alpha value is -1.62. The van der Waals surface area contributed by atoms with Crippen LogP contribution in [-0.4, -0.2) is 21.8 Å². The second-order valence-corrected chi connectivity index (χ2v) is 4.37. The van der Waals surface area contributed by atoms with Crippen molar-refractivity contribution in [3.05, 3.63) is 23.7 Å². The molecule has 1 aliphatic heterocycles.